The van der Waals surface area contributed by atoms with Gasteiger partial charge in [-0.15, -0.1) is 0 Å². The number of hydrogen-bond acceptors (Lipinski definition) is 4. The first-order chi connectivity index (χ1) is 9.91. The van der Waals surface area contributed by atoms with Gasteiger partial charge in [0.05, 0.1) is 12.0 Å². The molecule has 0 aromatic rings. The molecule has 0 aromatic carbocycles. The number of hydrogen-bond donors (Lipinski definition) is 1. The predicted octanol–water partition coefficient (Wildman–Crippen LogP) is -0.0530. The maximum atomic E-state index is 12.7. The Balaban J connectivity index is 2.07. The van der Waals surface area contributed by atoms with Crippen LogP contribution in [0.4, 0.5) is 0 Å². The fraction of sp³-hybridized carbons (Fsp3) is 0.786. The molecule has 0 spiro atoms. The number of nitrogens with zero attached hydrogens (tertiary/aromatic N) is 2. The van der Waals surface area contributed by atoms with Crippen LogP contribution >= 0.6 is 0 Å². The van der Waals surface area contributed by atoms with Crippen LogP contribution in [0.3, 0.4) is 0 Å². The Bertz CT molecular complexity index is 447. The minimum Gasteiger partial charge on any atom is -0.480 e. The van der Waals surface area contributed by atoms with Gasteiger partial charge < -0.3 is 19.6 Å². The number of rotatable bonds is 5. The van der Waals surface area contributed by atoms with E-state index in [4.69, 9.17) is 9.84 Å². The first-order valence-electron chi connectivity index (χ1n) is 7.22. The summed E-state index contributed by atoms with van der Waals surface area (Å²) in [6, 6.07) is -0.611. The topological polar surface area (TPSA) is 87.2 Å². The number of amides is 2. The van der Waals surface area contributed by atoms with E-state index in [9.17, 15) is 14.4 Å². The van der Waals surface area contributed by atoms with E-state index in [2.05, 4.69) is 0 Å². The molecule has 0 aromatic heterocycles. The Morgan fingerprint density at radius 3 is 2.52 bits per heavy atom. The zero-order valence-corrected chi connectivity index (χ0v) is 12.5. The summed E-state index contributed by atoms with van der Waals surface area (Å²) in [6.45, 7) is 2.37. The van der Waals surface area contributed by atoms with Crippen molar-refractivity contribution in [3.8, 4) is 0 Å². The molecule has 0 bridgehead atoms. The molecule has 1 saturated heterocycles. The van der Waals surface area contributed by atoms with Crippen LogP contribution in [-0.4, -0.2) is 72.1 Å². The molecule has 7 nitrogen and oxygen atoms in total. The molecule has 0 radical (unpaired) electrons. The van der Waals surface area contributed by atoms with Crippen molar-refractivity contribution in [3.63, 3.8) is 0 Å². The Labute approximate surface area is 123 Å². The number of piperazine rings is 1. The number of methoxy groups -OCH3 is 1. The highest BCUT2D eigenvalue weighted by Gasteiger charge is 2.49. The van der Waals surface area contributed by atoms with E-state index in [1.807, 2.05) is 0 Å². The van der Waals surface area contributed by atoms with Crippen LogP contribution in [0.5, 0.6) is 0 Å². The Morgan fingerprint density at radius 2 is 2.05 bits per heavy atom. The minimum absolute atomic E-state index is 0.0357. The molecular formula is C14H22N2O5. The fourth-order valence-electron chi connectivity index (χ4n) is 3.13. The number of carboxylic acids is 1. The standard InChI is InChI=1S/C14H22N2O5/c1-10-12(19)15(8-11(17)18)6-7-16(10)13(20)14(9-21-2)4-3-5-14/h10H,3-9H2,1-2H3,(H,17,18)/t10-/m1/s1. The lowest BCUT2D eigenvalue weighted by Gasteiger charge is -2.47. The number of carboxylic acid groups (broad SMARTS) is 1. The van der Waals surface area contributed by atoms with Gasteiger partial charge in [-0.25, -0.2) is 0 Å². The maximum absolute atomic E-state index is 12.7. The molecule has 0 unspecified atom stereocenters. The van der Waals surface area contributed by atoms with Crippen LogP contribution in [0.1, 0.15) is 26.2 Å². The normalized spacial score (nSPS) is 24.7. The third-order valence-corrected chi connectivity index (χ3v) is 4.52. The van der Waals surface area contributed by atoms with Crippen molar-refractivity contribution in [1.29, 1.82) is 0 Å². The molecule has 2 fully saturated rings. The SMILES string of the molecule is COCC1(C(=O)N2CCN(CC(=O)O)C(=O)[C@H]2C)CCC1. The van der Waals surface area contributed by atoms with Crippen LogP contribution in [0.15, 0.2) is 0 Å². The zero-order chi connectivity index (χ0) is 15.6. The van der Waals surface area contributed by atoms with Crippen LogP contribution in [0, 0.1) is 5.41 Å². The summed E-state index contributed by atoms with van der Waals surface area (Å²) in [6.07, 6.45) is 2.57. The van der Waals surface area contributed by atoms with Crippen molar-refractivity contribution in [2.24, 2.45) is 5.41 Å². The van der Waals surface area contributed by atoms with Crippen LogP contribution < -0.4 is 0 Å². The first-order valence-corrected chi connectivity index (χ1v) is 7.22. The lowest BCUT2D eigenvalue weighted by atomic mass is 9.68. The van der Waals surface area contributed by atoms with Crippen LogP contribution in [0.2, 0.25) is 0 Å². The van der Waals surface area contributed by atoms with E-state index in [0.717, 1.165) is 19.3 Å². The molecule has 7 heteroatoms. The number of aliphatic carboxylic acids is 1. The third kappa shape index (κ3) is 2.88. The molecule has 2 amide bonds. The molecule has 2 aliphatic rings. The van der Waals surface area contributed by atoms with Crippen molar-refractivity contribution < 1.29 is 24.2 Å². The van der Waals surface area contributed by atoms with E-state index in [0.29, 0.717) is 13.2 Å². The molecule has 2 rings (SSSR count). The van der Waals surface area contributed by atoms with E-state index in [1.54, 1.807) is 18.9 Å². The largest absolute Gasteiger partial charge is 0.480 e. The highest BCUT2D eigenvalue weighted by atomic mass is 16.5. The van der Waals surface area contributed by atoms with E-state index in [1.165, 1.54) is 4.90 Å². The number of ether oxygens (including phenoxy) is 1. The van der Waals surface area contributed by atoms with E-state index < -0.39 is 17.4 Å². The van der Waals surface area contributed by atoms with Crippen molar-refractivity contribution in [1.82, 2.24) is 9.80 Å². The van der Waals surface area contributed by atoms with Gasteiger partial charge in [0.1, 0.15) is 12.6 Å². The monoisotopic (exact) mass is 298 g/mol. The van der Waals surface area contributed by atoms with Gasteiger partial charge in [-0.2, -0.15) is 0 Å². The molecule has 1 aliphatic carbocycles. The van der Waals surface area contributed by atoms with Gasteiger partial charge in [0.15, 0.2) is 0 Å². The van der Waals surface area contributed by atoms with Crippen LogP contribution in [-0.2, 0) is 19.1 Å². The summed E-state index contributed by atoms with van der Waals surface area (Å²) in [5.41, 5.74) is -0.488. The van der Waals surface area contributed by atoms with Crippen molar-refractivity contribution in [2.75, 3.05) is 33.4 Å². The van der Waals surface area contributed by atoms with Crippen LogP contribution in [0.25, 0.3) is 0 Å². The average molecular weight is 298 g/mol. The quantitative estimate of drug-likeness (QED) is 0.769. The third-order valence-electron chi connectivity index (χ3n) is 4.52. The predicted molar refractivity (Wildman–Crippen MR) is 73.6 cm³/mol. The van der Waals surface area contributed by atoms with Gasteiger partial charge in [0.2, 0.25) is 11.8 Å². The van der Waals surface area contributed by atoms with Gasteiger partial charge >= 0.3 is 5.97 Å². The molecule has 1 N–H and O–H groups in total. The van der Waals surface area contributed by atoms with Gasteiger partial charge in [0.25, 0.3) is 0 Å². The second-order valence-electron chi connectivity index (χ2n) is 5.89. The number of carbonyl (C=O) groups is 3. The summed E-state index contributed by atoms with van der Waals surface area (Å²) < 4.78 is 5.18. The summed E-state index contributed by atoms with van der Waals surface area (Å²) in [5, 5.41) is 8.80. The van der Waals surface area contributed by atoms with Crippen molar-refractivity contribution in [2.45, 2.75) is 32.2 Å². The Morgan fingerprint density at radius 1 is 1.38 bits per heavy atom. The lowest BCUT2D eigenvalue weighted by Crippen LogP contribution is -2.62. The zero-order valence-electron chi connectivity index (χ0n) is 12.5. The molecule has 1 heterocycles. The molecule has 1 atom stereocenters. The second kappa shape index (κ2) is 6.01. The summed E-state index contributed by atoms with van der Waals surface area (Å²) in [7, 11) is 1.58. The van der Waals surface area contributed by atoms with Crippen molar-refractivity contribution >= 4 is 17.8 Å². The summed E-state index contributed by atoms with van der Waals surface area (Å²) in [4.78, 5) is 38.6. The van der Waals surface area contributed by atoms with Gasteiger partial charge in [-0.1, -0.05) is 6.42 Å². The fourth-order valence-corrected chi connectivity index (χ4v) is 3.13. The van der Waals surface area contributed by atoms with Gasteiger partial charge in [0, 0.05) is 20.2 Å². The minimum atomic E-state index is -1.04. The highest BCUT2D eigenvalue weighted by molar-refractivity contribution is 5.92. The summed E-state index contributed by atoms with van der Waals surface area (Å²) >= 11 is 0. The lowest BCUT2D eigenvalue weighted by molar-refractivity contribution is -0.164. The first kappa shape index (κ1) is 15.8. The average Bonchev–Trinajstić information content (AvgIpc) is 2.38. The smallest absolute Gasteiger partial charge is 0.323 e. The second-order valence-corrected chi connectivity index (χ2v) is 5.89. The maximum Gasteiger partial charge on any atom is 0.323 e. The van der Waals surface area contributed by atoms with E-state index in [-0.39, 0.29) is 24.9 Å². The molecule has 118 valence electrons. The summed E-state index contributed by atoms with van der Waals surface area (Å²) in [5.74, 6) is -1.37. The molecule has 21 heavy (non-hydrogen) atoms. The van der Waals surface area contributed by atoms with Gasteiger partial charge in [-0.3, -0.25) is 14.4 Å². The molecule has 1 aliphatic heterocycles. The molecular weight excluding hydrogens is 276 g/mol. The van der Waals surface area contributed by atoms with E-state index >= 15 is 0 Å². The number of carbonyl (C=O) groups excluding carboxylic acids is 2. The highest BCUT2D eigenvalue weighted by Crippen LogP contribution is 2.43. The Kier molecular flexibility index (Phi) is 4.51. The molecule has 1 saturated carbocycles. The van der Waals surface area contributed by atoms with Crippen molar-refractivity contribution in [3.05, 3.63) is 0 Å². The van der Waals surface area contributed by atoms with Gasteiger partial charge in [-0.05, 0) is 19.8 Å². The Hall–Kier alpha value is -1.63.